The van der Waals surface area contributed by atoms with Gasteiger partial charge >= 0.3 is 0 Å². The van der Waals surface area contributed by atoms with Crippen molar-refractivity contribution in [3.05, 3.63) is 35.9 Å². The van der Waals surface area contributed by atoms with E-state index in [4.69, 9.17) is 10.5 Å². The predicted molar refractivity (Wildman–Crippen MR) is 92.7 cm³/mol. The molecule has 1 aliphatic heterocycles. The molecule has 1 aromatic rings. The summed E-state index contributed by atoms with van der Waals surface area (Å²) in [5.41, 5.74) is 6.69. The molecule has 1 heterocycles. The monoisotopic (exact) mass is 342 g/mol. The molecule has 130 valence electrons. The highest BCUT2D eigenvalue weighted by Gasteiger charge is 2.30. The van der Waals surface area contributed by atoms with Gasteiger partial charge in [-0.2, -0.15) is 0 Å². The number of nitrogens with two attached hydrogens (primary N) is 1. The summed E-state index contributed by atoms with van der Waals surface area (Å²) in [5.74, 6) is 0.0133. The maximum Gasteiger partial charge on any atom is 0.249 e. The molecule has 2 rings (SSSR count). The lowest BCUT2D eigenvalue weighted by atomic mass is 9.93. The van der Waals surface area contributed by atoms with Crippen molar-refractivity contribution in [2.75, 3.05) is 13.1 Å². The quantitative estimate of drug-likeness (QED) is 0.702. The molecule has 1 saturated heterocycles. The molecule has 4 N–H and O–H groups in total. The Balaban J connectivity index is 0.00000264. The highest BCUT2D eigenvalue weighted by atomic mass is 35.5. The summed E-state index contributed by atoms with van der Waals surface area (Å²) in [7, 11) is 0. The van der Waals surface area contributed by atoms with Crippen molar-refractivity contribution >= 4 is 18.3 Å². The second-order valence-corrected chi connectivity index (χ2v) is 6.00. The van der Waals surface area contributed by atoms with E-state index in [1.165, 1.54) is 0 Å². The number of amides is 1. The Labute approximate surface area is 144 Å². The van der Waals surface area contributed by atoms with Crippen molar-refractivity contribution in [3.63, 3.8) is 0 Å². The number of carbonyl (C=O) groups is 1. The standard InChI is InChI=1S/C17H26N2O3.ClH/c1-12(20)9-14(13-5-3-2-4-6-13)11-19-17(21)16-8-7-15(10-18)22-16;/h2-6,12,14-16,20H,7-11,18H2,1H3,(H,19,21);1H/t12?,14?,15-,16+;/m1./s1. The number of nitrogens with one attached hydrogen (secondary N) is 1. The van der Waals surface area contributed by atoms with Crippen molar-refractivity contribution in [2.24, 2.45) is 5.73 Å². The fourth-order valence-corrected chi connectivity index (χ4v) is 2.88. The molecule has 0 aromatic heterocycles. The van der Waals surface area contributed by atoms with Gasteiger partial charge in [-0.25, -0.2) is 0 Å². The van der Waals surface area contributed by atoms with Gasteiger partial charge in [-0.1, -0.05) is 30.3 Å². The zero-order chi connectivity index (χ0) is 15.9. The van der Waals surface area contributed by atoms with Crippen LogP contribution in [-0.2, 0) is 9.53 Å². The van der Waals surface area contributed by atoms with Crippen molar-refractivity contribution in [3.8, 4) is 0 Å². The fourth-order valence-electron chi connectivity index (χ4n) is 2.88. The SMILES string of the molecule is CC(O)CC(CNC(=O)[C@@H]1CC[C@H](CN)O1)c1ccccc1.Cl. The maximum atomic E-state index is 12.2. The Kier molecular flexibility index (Phi) is 8.55. The van der Waals surface area contributed by atoms with Crippen molar-refractivity contribution in [1.29, 1.82) is 0 Å². The van der Waals surface area contributed by atoms with Gasteiger partial charge in [-0.15, -0.1) is 12.4 Å². The summed E-state index contributed by atoms with van der Waals surface area (Å²) < 4.78 is 5.61. The number of hydrogen-bond donors (Lipinski definition) is 3. The van der Waals surface area contributed by atoms with Crippen LogP contribution in [-0.4, -0.2) is 42.4 Å². The largest absolute Gasteiger partial charge is 0.393 e. The lowest BCUT2D eigenvalue weighted by Gasteiger charge is -2.21. The minimum atomic E-state index is -0.411. The normalized spacial score (nSPS) is 22.9. The molecule has 0 saturated carbocycles. The average molecular weight is 343 g/mol. The third-order valence-corrected chi connectivity index (χ3v) is 4.08. The molecule has 5 nitrogen and oxygen atoms in total. The van der Waals surface area contributed by atoms with Crippen LogP contribution in [0, 0.1) is 0 Å². The highest BCUT2D eigenvalue weighted by molar-refractivity contribution is 5.85. The lowest BCUT2D eigenvalue weighted by molar-refractivity contribution is -0.131. The van der Waals surface area contributed by atoms with Crippen LogP contribution in [0.4, 0.5) is 0 Å². The predicted octanol–water partition coefficient (Wildman–Crippen LogP) is 1.59. The number of rotatable bonds is 7. The van der Waals surface area contributed by atoms with E-state index in [0.29, 0.717) is 19.5 Å². The molecule has 0 spiro atoms. The second-order valence-electron chi connectivity index (χ2n) is 6.00. The first-order valence-electron chi connectivity index (χ1n) is 7.96. The first-order chi connectivity index (χ1) is 10.6. The Morgan fingerprint density at radius 2 is 2.09 bits per heavy atom. The van der Waals surface area contributed by atoms with Crippen LogP contribution in [0.3, 0.4) is 0 Å². The van der Waals surface area contributed by atoms with Gasteiger partial charge in [0.15, 0.2) is 0 Å². The van der Waals surface area contributed by atoms with Gasteiger partial charge < -0.3 is 20.9 Å². The molecule has 23 heavy (non-hydrogen) atoms. The van der Waals surface area contributed by atoms with E-state index in [2.05, 4.69) is 5.32 Å². The number of aliphatic hydroxyl groups is 1. The second kappa shape index (κ2) is 9.88. The molecule has 1 aromatic carbocycles. The lowest BCUT2D eigenvalue weighted by Crippen LogP contribution is -2.38. The van der Waals surface area contributed by atoms with Crippen LogP contribution in [0.1, 0.15) is 37.7 Å². The summed E-state index contributed by atoms with van der Waals surface area (Å²) in [6, 6.07) is 9.95. The van der Waals surface area contributed by atoms with Crippen LogP contribution < -0.4 is 11.1 Å². The van der Waals surface area contributed by atoms with Crippen LogP contribution >= 0.6 is 12.4 Å². The Hall–Kier alpha value is -1.14. The van der Waals surface area contributed by atoms with Gasteiger partial charge in [-0.3, -0.25) is 4.79 Å². The van der Waals surface area contributed by atoms with Gasteiger partial charge in [0.2, 0.25) is 5.91 Å². The van der Waals surface area contributed by atoms with E-state index in [9.17, 15) is 9.90 Å². The van der Waals surface area contributed by atoms with Gasteiger partial charge in [-0.05, 0) is 31.7 Å². The van der Waals surface area contributed by atoms with E-state index in [0.717, 1.165) is 18.4 Å². The first kappa shape index (κ1) is 19.9. The Bertz CT molecular complexity index is 470. The highest BCUT2D eigenvalue weighted by Crippen LogP contribution is 2.22. The molecule has 1 amide bonds. The maximum absolute atomic E-state index is 12.2. The van der Waals surface area contributed by atoms with Crippen molar-refractivity contribution < 1.29 is 14.6 Å². The molecule has 1 fully saturated rings. The molecular formula is C17H27ClN2O3. The zero-order valence-electron chi connectivity index (χ0n) is 13.5. The topological polar surface area (TPSA) is 84.6 Å². The van der Waals surface area contributed by atoms with Crippen molar-refractivity contribution in [2.45, 2.75) is 50.4 Å². The minimum Gasteiger partial charge on any atom is -0.393 e. The smallest absolute Gasteiger partial charge is 0.249 e. The van der Waals surface area contributed by atoms with Gasteiger partial charge in [0, 0.05) is 19.0 Å². The van der Waals surface area contributed by atoms with Crippen LogP contribution in [0.15, 0.2) is 30.3 Å². The average Bonchev–Trinajstić information content (AvgIpc) is 3.01. The van der Waals surface area contributed by atoms with Gasteiger partial charge in [0.05, 0.1) is 12.2 Å². The Morgan fingerprint density at radius 3 is 2.65 bits per heavy atom. The van der Waals surface area contributed by atoms with Crippen LogP contribution in [0.25, 0.3) is 0 Å². The van der Waals surface area contributed by atoms with Crippen molar-refractivity contribution in [1.82, 2.24) is 5.32 Å². The molecule has 6 heteroatoms. The summed E-state index contributed by atoms with van der Waals surface area (Å²) in [6.07, 6.45) is 1.37. The van der Waals surface area contributed by atoms with E-state index >= 15 is 0 Å². The number of hydrogen-bond acceptors (Lipinski definition) is 4. The molecule has 1 aliphatic rings. The van der Waals surface area contributed by atoms with E-state index in [1.54, 1.807) is 6.92 Å². The number of ether oxygens (including phenoxy) is 1. The third kappa shape index (κ3) is 6.11. The number of carbonyl (C=O) groups excluding carboxylic acids is 1. The molecule has 4 atom stereocenters. The summed E-state index contributed by atoms with van der Waals surface area (Å²) >= 11 is 0. The molecule has 0 aliphatic carbocycles. The van der Waals surface area contributed by atoms with E-state index in [-0.39, 0.29) is 30.3 Å². The fraction of sp³-hybridized carbons (Fsp3) is 0.588. The summed E-state index contributed by atoms with van der Waals surface area (Å²) in [4.78, 5) is 12.2. The molecule has 2 unspecified atom stereocenters. The number of aliphatic hydroxyl groups excluding tert-OH is 1. The van der Waals surface area contributed by atoms with E-state index < -0.39 is 12.2 Å². The Morgan fingerprint density at radius 1 is 1.39 bits per heavy atom. The first-order valence-corrected chi connectivity index (χ1v) is 7.96. The summed E-state index contributed by atoms with van der Waals surface area (Å²) in [6.45, 7) is 2.73. The summed E-state index contributed by atoms with van der Waals surface area (Å²) in [5, 5.41) is 12.6. The number of benzene rings is 1. The number of halogens is 1. The van der Waals surface area contributed by atoms with Gasteiger partial charge in [0.25, 0.3) is 0 Å². The van der Waals surface area contributed by atoms with Crippen LogP contribution in [0.2, 0.25) is 0 Å². The molecular weight excluding hydrogens is 316 g/mol. The molecule has 0 bridgehead atoms. The van der Waals surface area contributed by atoms with Gasteiger partial charge in [0.1, 0.15) is 6.10 Å². The van der Waals surface area contributed by atoms with E-state index in [1.807, 2.05) is 30.3 Å². The molecule has 0 radical (unpaired) electrons. The van der Waals surface area contributed by atoms with Crippen LogP contribution in [0.5, 0.6) is 0 Å². The minimum absolute atomic E-state index is 0. The zero-order valence-corrected chi connectivity index (χ0v) is 14.3. The third-order valence-electron chi connectivity index (χ3n) is 4.08.